The number of aromatic nitrogens is 1. The van der Waals surface area contributed by atoms with Crippen LogP contribution in [-0.2, 0) is 0 Å². The molecule has 0 aliphatic rings. The number of hydrogen-bond acceptors (Lipinski definition) is 4. The van der Waals surface area contributed by atoms with E-state index >= 15 is 0 Å². The summed E-state index contributed by atoms with van der Waals surface area (Å²) in [5.74, 6) is -1.30. The van der Waals surface area contributed by atoms with E-state index in [4.69, 9.17) is 0 Å². The van der Waals surface area contributed by atoms with E-state index in [1.54, 1.807) is 12.1 Å². The fourth-order valence-corrected chi connectivity index (χ4v) is 2.33. The second kappa shape index (κ2) is 6.21. The molecule has 3 rings (SSSR count). The average Bonchev–Trinajstić information content (AvgIpc) is 3.03. The third-order valence-corrected chi connectivity index (χ3v) is 3.47. The van der Waals surface area contributed by atoms with Gasteiger partial charge in [0.1, 0.15) is 5.56 Å². The zero-order valence-corrected chi connectivity index (χ0v) is 12.3. The molecule has 8 nitrogen and oxygen atoms in total. The van der Waals surface area contributed by atoms with Gasteiger partial charge in [0.05, 0.1) is 10.5 Å². The summed E-state index contributed by atoms with van der Waals surface area (Å²) in [4.78, 5) is 37.5. The molecule has 8 heteroatoms. The van der Waals surface area contributed by atoms with Crippen LogP contribution in [0.1, 0.15) is 20.7 Å². The van der Waals surface area contributed by atoms with Crippen molar-refractivity contribution < 1.29 is 14.5 Å². The average molecular weight is 324 g/mol. The number of H-pyrrole nitrogens is 1. The smallest absolute Gasteiger partial charge is 0.282 e. The molecule has 0 aliphatic carbocycles. The number of hydrogen-bond donors (Lipinski definition) is 3. The van der Waals surface area contributed by atoms with Crippen LogP contribution in [0.3, 0.4) is 0 Å². The summed E-state index contributed by atoms with van der Waals surface area (Å²) in [5.41, 5.74) is 5.12. The Morgan fingerprint density at radius 1 is 0.917 bits per heavy atom. The molecule has 0 aliphatic heterocycles. The number of benzene rings is 2. The Balaban J connectivity index is 1.75. The van der Waals surface area contributed by atoms with Gasteiger partial charge in [0, 0.05) is 23.2 Å². The van der Waals surface area contributed by atoms with Gasteiger partial charge < -0.3 is 4.98 Å². The lowest BCUT2D eigenvalue weighted by atomic mass is 10.1. The van der Waals surface area contributed by atoms with Gasteiger partial charge in [-0.2, -0.15) is 0 Å². The Morgan fingerprint density at radius 2 is 1.54 bits per heavy atom. The Morgan fingerprint density at radius 3 is 2.29 bits per heavy atom. The normalized spacial score (nSPS) is 10.3. The monoisotopic (exact) mass is 324 g/mol. The van der Waals surface area contributed by atoms with E-state index in [0.29, 0.717) is 10.9 Å². The third-order valence-electron chi connectivity index (χ3n) is 3.47. The molecule has 2 aromatic carbocycles. The van der Waals surface area contributed by atoms with Crippen LogP contribution in [0, 0.1) is 10.1 Å². The van der Waals surface area contributed by atoms with Gasteiger partial charge in [-0.25, -0.2) is 0 Å². The second-order valence-corrected chi connectivity index (χ2v) is 4.93. The van der Waals surface area contributed by atoms with Gasteiger partial charge in [0.2, 0.25) is 0 Å². The highest BCUT2D eigenvalue weighted by molar-refractivity contribution is 6.08. The number of aromatic amines is 1. The van der Waals surface area contributed by atoms with Crippen LogP contribution in [0.5, 0.6) is 0 Å². The molecule has 0 spiro atoms. The largest absolute Gasteiger partial charge is 0.360 e. The molecule has 0 atom stereocenters. The molecule has 2 amide bonds. The molecule has 120 valence electrons. The van der Waals surface area contributed by atoms with Crippen LogP contribution in [0.25, 0.3) is 10.9 Å². The predicted octanol–water partition coefficient (Wildman–Crippen LogP) is 2.15. The van der Waals surface area contributed by atoms with Crippen molar-refractivity contribution in [2.45, 2.75) is 0 Å². The molecular formula is C16H12N4O4. The number of carbonyl (C=O) groups is 2. The highest BCUT2D eigenvalue weighted by atomic mass is 16.6. The van der Waals surface area contributed by atoms with E-state index < -0.39 is 16.7 Å². The molecular weight excluding hydrogens is 312 g/mol. The number of para-hydroxylation sites is 2. The first-order valence-electron chi connectivity index (χ1n) is 6.98. The second-order valence-electron chi connectivity index (χ2n) is 4.93. The van der Waals surface area contributed by atoms with E-state index in [-0.39, 0.29) is 11.3 Å². The molecule has 0 fully saturated rings. The van der Waals surface area contributed by atoms with Crippen molar-refractivity contribution in [1.82, 2.24) is 15.8 Å². The molecule has 0 unspecified atom stereocenters. The standard InChI is InChI=1S/C16H12N4O4/c21-15(11-6-2-4-8-14(11)20(23)24)18-19-16(22)12-9-17-13-7-3-1-5-10(12)13/h1-9,17H,(H,18,21)(H,19,22). The fraction of sp³-hybridized carbons (Fsp3) is 0. The van der Waals surface area contributed by atoms with Crippen molar-refractivity contribution in [2.24, 2.45) is 0 Å². The Kier molecular flexibility index (Phi) is 3.94. The van der Waals surface area contributed by atoms with Crippen molar-refractivity contribution in [3.63, 3.8) is 0 Å². The number of rotatable bonds is 3. The maximum atomic E-state index is 12.2. The summed E-state index contributed by atoms with van der Waals surface area (Å²) < 4.78 is 0. The first-order valence-corrected chi connectivity index (χ1v) is 6.98. The summed E-state index contributed by atoms with van der Waals surface area (Å²) in [6.45, 7) is 0. The molecule has 0 radical (unpaired) electrons. The van der Waals surface area contributed by atoms with E-state index in [1.165, 1.54) is 30.5 Å². The van der Waals surface area contributed by atoms with E-state index in [0.717, 1.165) is 5.52 Å². The highest BCUT2D eigenvalue weighted by Gasteiger charge is 2.20. The van der Waals surface area contributed by atoms with Gasteiger partial charge in [-0.1, -0.05) is 30.3 Å². The van der Waals surface area contributed by atoms with Gasteiger partial charge in [0.15, 0.2) is 0 Å². The zero-order chi connectivity index (χ0) is 17.1. The number of nitrogens with zero attached hydrogens (tertiary/aromatic N) is 1. The number of nitro groups is 1. The van der Waals surface area contributed by atoms with Crippen molar-refractivity contribution in [3.05, 3.63) is 76.0 Å². The maximum Gasteiger partial charge on any atom is 0.282 e. The zero-order valence-electron chi connectivity index (χ0n) is 12.3. The topological polar surface area (TPSA) is 117 Å². The van der Waals surface area contributed by atoms with Crippen LogP contribution in [0.15, 0.2) is 54.7 Å². The van der Waals surface area contributed by atoms with Gasteiger partial charge in [-0.05, 0) is 12.1 Å². The summed E-state index contributed by atoms with van der Waals surface area (Å²) in [7, 11) is 0. The van der Waals surface area contributed by atoms with Gasteiger partial charge >= 0.3 is 0 Å². The number of fused-ring (bicyclic) bond motifs is 1. The molecule has 1 heterocycles. The van der Waals surface area contributed by atoms with Crippen LogP contribution in [-0.4, -0.2) is 21.7 Å². The van der Waals surface area contributed by atoms with Gasteiger partial charge in [-0.3, -0.25) is 30.6 Å². The quantitative estimate of drug-likeness (QED) is 0.505. The third kappa shape index (κ3) is 2.80. The summed E-state index contributed by atoms with van der Waals surface area (Å²) >= 11 is 0. The van der Waals surface area contributed by atoms with E-state index in [2.05, 4.69) is 15.8 Å². The minimum atomic E-state index is -0.768. The summed E-state index contributed by atoms with van der Waals surface area (Å²) in [6.07, 6.45) is 1.52. The maximum absolute atomic E-state index is 12.2. The van der Waals surface area contributed by atoms with Crippen LogP contribution >= 0.6 is 0 Å². The summed E-state index contributed by atoms with van der Waals surface area (Å²) in [6, 6.07) is 12.7. The Hall–Kier alpha value is -3.68. The van der Waals surface area contributed by atoms with Crippen LogP contribution in [0.2, 0.25) is 0 Å². The fourth-order valence-electron chi connectivity index (χ4n) is 2.33. The van der Waals surface area contributed by atoms with Crippen LogP contribution < -0.4 is 10.9 Å². The van der Waals surface area contributed by atoms with E-state index in [1.807, 2.05) is 12.1 Å². The lowest BCUT2D eigenvalue weighted by Gasteiger charge is -2.07. The minimum Gasteiger partial charge on any atom is -0.360 e. The molecule has 0 bridgehead atoms. The molecule has 3 N–H and O–H groups in total. The molecule has 24 heavy (non-hydrogen) atoms. The number of nitro benzene ring substituents is 1. The minimum absolute atomic E-state index is 0.137. The lowest BCUT2D eigenvalue weighted by Crippen LogP contribution is -2.41. The number of hydrazine groups is 1. The Labute approximate surface area is 135 Å². The van der Waals surface area contributed by atoms with Crippen molar-refractivity contribution in [3.8, 4) is 0 Å². The molecule has 3 aromatic rings. The van der Waals surface area contributed by atoms with Crippen LogP contribution in [0.4, 0.5) is 5.69 Å². The number of carbonyl (C=O) groups excluding carboxylic acids is 2. The van der Waals surface area contributed by atoms with Crippen molar-refractivity contribution >= 4 is 28.4 Å². The van der Waals surface area contributed by atoms with Gasteiger partial charge in [0.25, 0.3) is 17.5 Å². The Bertz CT molecular complexity index is 948. The van der Waals surface area contributed by atoms with Gasteiger partial charge in [-0.15, -0.1) is 0 Å². The SMILES string of the molecule is O=C(NNC(=O)c1c[nH]c2ccccc12)c1ccccc1[N+](=O)[O-]. The highest BCUT2D eigenvalue weighted by Crippen LogP contribution is 2.18. The van der Waals surface area contributed by atoms with Crippen molar-refractivity contribution in [1.29, 1.82) is 0 Å². The molecule has 1 aromatic heterocycles. The first kappa shape index (κ1) is 15.2. The number of nitrogens with one attached hydrogen (secondary N) is 3. The van der Waals surface area contributed by atoms with E-state index in [9.17, 15) is 19.7 Å². The number of amides is 2. The molecule has 0 saturated heterocycles. The first-order chi connectivity index (χ1) is 11.6. The molecule has 0 saturated carbocycles. The predicted molar refractivity (Wildman–Crippen MR) is 86.3 cm³/mol. The summed E-state index contributed by atoms with van der Waals surface area (Å²) in [5, 5.41) is 11.6. The van der Waals surface area contributed by atoms with Crippen molar-refractivity contribution in [2.75, 3.05) is 0 Å². The lowest BCUT2D eigenvalue weighted by molar-refractivity contribution is -0.385.